The SMILES string of the molecule is CC1CC(Nc2ccc(C(C)C)cc2C(C)C)CS1. The fraction of sp³-hybridized carbons (Fsp3) is 0.647. The van der Waals surface area contributed by atoms with Crippen LogP contribution in [0.4, 0.5) is 5.69 Å². The van der Waals surface area contributed by atoms with E-state index in [-0.39, 0.29) is 0 Å². The Kier molecular flexibility index (Phi) is 4.83. The normalized spacial score (nSPS) is 23.3. The molecule has 1 saturated heterocycles. The maximum atomic E-state index is 3.77. The molecule has 1 heterocycles. The molecule has 1 nitrogen and oxygen atoms in total. The smallest absolute Gasteiger partial charge is 0.0377 e. The van der Waals surface area contributed by atoms with E-state index in [4.69, 9.17) is 0 Å². The van der Waals surface area contributed by atoms with Crippen LogP contribution in [0.1, 0.15) is 64.0 Å². The lowest BCUT2D eigenvalue weighted by atomic mass is 9.94. The van der Waals surface area contributed by atoms with Gasteiger partial charge in [0.2, 0.25) is 0 Å². The summed E-state index contributed by atoms with van der Waals surface area (Å²) in [5.74, 6) is 2.42. The molecule has 1 aliphatic rings. The van der Waals surface area contributed by atoms with Crippen molar-refractivity contribution in [3.63, 3.8) is 0 Å². The molecule has 2 unspecified atom stereocenters. The van der Waals surface area contributed by atoms with E-state index < -0.39 is 0 Å². The van der Waals surface area contributed by atoms with Gasteiger partial charge in [0.25, 0.3) is 0 Å². The van der Waals surface area contributed by atoms with Gasteiger partial charge in [0, 0.05) is 22.7 Å². The molecule has 2 atom stereocenters. The molecule has 1 aromatic rings. The van der Waals surface area contributed by atoms with Gasteiger partial charge in [0.05, 0.1) is 0 Å². The van der Waals surface area contributed by atoms with E-state index >= 15 is 0 Å². The first-order valence-corrected chi connectivity index (χ1v) is 8.54. The molecular formula is C17H27NS. The molecule has 19 heavy (non-hydrogen) atoms. The van der Waals surface area contributed by atoms with Crippen molar-refractivity contribution < 1.29 is 0 Å². The molecule has 0 aliphatic carbocycles. The van der Waals surface area contributed by atoms with Crippen LogP contribution >= 0.6 is 11.8 Å². The summed E-state index contributed by atoms with van der Waals surface area (Å²) >= 11 is 2.08. The predicted octanol–water partition coefficient (Wildman–Crippen LogP) is 5.24. The summed E-state index contributed by atoms with van der Waals surface area (Å²) in [5.41, 5.74) is 4.26. The van der Waals surface area contributed by atoms with Crippen LogP contribution in [0.3, 0.4) is 0 Å². The molecule has 0 radical (unpaired) electrons. The standard InChI is InChI=1S/C17H27NS/c1-11(2)14-6-7-17(16(9-14)12(3)4)18-15-8-13(5)19-10-15/h6-7,9,11-13,15,18H,8,10H2,1-5H3. The van der Waals surface area contributed by atoms with Crippen molar-refractivity contribution in [2.75, 3.05) is 11.1 Å². The highest BCUT2D eigenvalue weighted by Crippen LogP contribution is 2.32. The summed E-state index contributed by atoms with van der Waals surface area (Å²) in [6.07, 6.45) is 1.29. The van der Waals surface area contributed by atoms with Crippen LogP contribution in [0.2, 0.25) is 0 Å². The number of rotatable bonds is 4. The van der Waals surface area contributed by atoms with Gasteiger partial charge in [-0.25, -0.2) is 0 Å². The first-order valence-electron chi connectivity index (χ1n) is 7.49. The molecule has 1 fully saturated rings. The Hall–Kier alpha value is -0.630. The van der Waals surface area contributed by atoms with Crippen LogP contribution in [-0.2, 0) is 0 Å². The van der Waals surface area contributed by atoms with Crippen molar-refractivity contribution in [2.24, 2.45) is 0 Å². The second-order valence-electron chi connectivity index (χ2n) is 6.38. The topological polar surface area (TPSA) is 12.0 Å². The van der Waals surface area contributed by atoms with E-state index in [1.807, 2.05) is 0 Å². The zero-order chi connectivity index (χ0) is 14.0. The Morgan fingerprint density at radius 1 is 1.16 bits per heavy atom. The third-order valence-electron chi connectivity index (χ3n) is 3.92. The largest absolute Gasteiger partial charge is 0.381 e. The van der Waals surface area contributed by atoms with Gasteiger partial charge >= 0.3 is 0 Å². The van der Waals surface area contributed by atoms with Gasteiger partial charge in [-0.15, -0.1) is 0 Å². The molecule has 2 rings (SSSR count). The Balaban J connectivity index is 2.19. The summed E-state index contributed by atoms with van der Waals surface area (Å²) < 4.78 is 0. The molecule has 1 aliphatic heterocycles. The summed E-state index contributed by atoms with van der Waals surface area (Å²) in [4.78, 5) is 0. The van der Waals surface area contributed by atoms with Gasteiger partial charge in [0.15, 0.2) is 0 Å². The molecule has 2 heteroatoms. The van der Waals surface area contributed by atoms with E-state index in [1.54, 1.807) is 0 Å². The predicted molar refractivity (Wildman–Crippen MR) is 88.6 cm³/mol. The van der Waals surface area contributed by atoms with Crippen LogP contribution in [0.25, 0.3) is 0 Å². The van der Waals surface area contributed by atoms with E-state index in [1.165, 1.54) is 29.0 Å². The van der Waals surface area contributed by atoms with E-state index in [0.717, 1.165) is 5.25 Å². The first-order chi connectivity index (χ1) is 8.97. The zero-order valence-electron chi connectivity index (χ0n) is 12.9. The molecule has 0 spiro atoms. The fourth-order valence-electron chi connectivity index (χ4n) is 2.69. The van der Waals surface area contributed by atoms with E-state index in [0.29, 0.717) is 17.9 Å². The third kappa shape index (κ3) is 3.68. The Morgan fingerprint density at radius 2 is 1.89 bits per heavy atom. The Morgan fingerprint density at radius 3 is 2.42 bits per heavy atom. The lowest BCUT2D eigenvalue weighted by molar-refractivity contribution is 0.741. The molecule has 0 saturated carbocycles. The van der Waals surface area contributed by atoms with Crippen LogP contribution in [-0.4, -0.2) is 17.0 Å². The molecule has 1 N–H and O–H groups in total. The van der Waals surface area contributed by atoms with Crippen LogP contribution in [0.15, 0.2) is 18.2 Å². The van der Waals surface area contributed by atoms with Crippen molar-refractivity contribution in [1.82, 2.24) is 0 Å². The highest BCUT2D eigenvalue weighted by molar-refractivity contribution is 8.00. The van der Waals surface area contributed by atoms with Crippen molar-refractivity contribution in [3.05, 3.63) is 29.3 Å². The van der Waals surface area contributed by atoms with Gasteiger partial charge in [-0.2, -0.15) is 11.8 Å². The minimum atomic E-state index is 0.577. The summed E-state index contributed by atoms with van der Waals surface area (Å²) in [7, 11) is 0. The van der Waals surface area contributed by atoms with Crippen molar-refractivity contribution in [1.29, 1.82) is 0 Å². The Labute approximate surface area is 122 Å². The Bertz CT molecular complexity index is 425. The van der Waals surface area contributed by atoms with E-state index in [2.05, 4.69) is 69.9 Å². The van der Waals surface area contributed by atoms with Crippen LogP contribution in [0.5, 0.6) is 0 Å². The highest BCUT2D eigenvalue weighted by atomic mass is 32.2. The second-order valence-corrected chi connectivity index (χ2v) is 7.85. The zero-order valence-corrected chi connectivity index (χ0v) is 13.7. The molecule has 0 bridgehead atoms. The number of thioether (sulfide) groups is 1. The molecule has 0 aromatic heterocycles. The van der Waals surface area contributed by atoms with Crippen molar-refractivity contribution in [2.45, 2.75) is 64.2 Å². The average molecular weight is 277 g/mol. The molecule has 106 valence electrons. The van der Waals surface area contributed by atoms with Gasteiger partial charge in [-0.3, -0.25) is 0 Å². The first kappa shape index (κ1) is 14.8. The summed E-state index contributed by atoms with van der Waals surface area (Å²) in [6.45, 7) is 11.4. The second kappa shape index (κ2) is 6.21. The summed E-state index contributed by atoms with van der Waals surface area (Å²) in [6, 6.07) is 7.61. The average Bonchev–Trinajstić information content (AvgIpc) is 2.74. The van der Waals surface area contributed by atoms with Crippen molar-refractivity contribution >= 4 is 17.4 Å². The number of benzene rings is 1. The summed E-state index contributed by atoms with van der Waals surface area (Å²) in [5, 5.41) is 4.57. The monoisotopic (exact) mass is 277 g/mol. The number of nitrogens with one attached hydrogen (secondary N) is 1. The molecule has 1 aromatic carbocycles. The molecule has 0 amide bonds. The minimum absolute atomic E-state index is 0.577. The van der Waals surface area contributed by atoms with Crippen LogP contribution < -0.4 is 5.32 Å². The van der Waals surface area contributed by atoms with Gasteiger partial charge in [0.1, 0.15) is 0 Å². The lowest BCUT2D eigenvalue weighted by Crippen LogP contribution is -2.20. The maximum Gasteiger partial charge on any atom is 0.0377 e. The van der Waals surface area contributed by atoms with Gasteiger partial charge < -0.3 is 5.32 Å². The maximum absolute atomic E-state index is 3.77. The minimum Gasteiger partial charge on any atom is -0.381 e. The lowest BCUT2D eigenvalue weighted by Gasteiger charge is -2.20. The van der Waals surface area contributed by atoms with Crippen molar-refractivity contribution in [3.8, 4) is 0 Å². The van der Waals surface area contributed by atoms with E-state index in [9.17, 15) is 0 Å². The quantitative estimate of drug-likeness (QED) is 0.807. The molecular weight excluding hydrogens is 250 g/mol. The van der Waals surface area contributed by atoms with Crippen LogP contribution in [0, 0.1) is 0 Å². The fourth-order valence-corrected chi connectivity index (χ4v) is 3.84. The third-order valence-corrected chi connectivity index (χ3v) is 5.28. The number of anilines is 1. The van der Waals surface area contributed by atoms with Gasteiger partial charge in [-0.05, 0) is 35.4 Å². The van der Waals surface area contributed by atoms with Gasteiger partial charge in [-0.1, -0.05) is 46.8 Å². The highest BCUT2D eigenvalue weighted by Gasteiger charge is 2.22. The number of hydrogen-bond donors (Lipinski definition) is 1. The number of hydrogen-bond acceptors (Lipinski definition) is 2.